The van der Waals surface area contributed by atoms with E-state index < -0.39 is 0 Å². The van der Waals surface area contributed by atoms with Crippen LogP contribution in [0.3, 0.4) is 0 Å². The zero-order valence-electron chi connectivity index (χ0n) is 22.7. The highest BCUT2D eigenvalue weighted by Gasteiger charge is 2.42. The van der Waals surface area contributed by atoms with Gasteiger partial charge >= 0.3 is 0 Å². The number of ether oxygens (including phenoxy) is 5. The van der Waals surface area contributed by atoms with Crippen molar-refractivity contribution in [3.8, 4) is 0 Å². The average Bonchev–Trinajstić information content (AvgIpc) is 3.54. The van der Waals surface area contributed by atoms with Crippen LogP contribution in [0.4, 0.5) is 0 Å². The van der Waals surface area contributed by atoms with Gasteiger partial charge in [0.2, 0.25) is 0 Å². The van der Waals surface area contributed by atoms with Gasteiger partial charge in [-0.15, -0.1) is 0 Å². The molecule has 0 aliphatic carbocycles. The fourth-order valence-electron chi connectivity index (χ4n) is 7.43. The molecule has 5 aliphatic heterocycles. The summed E-state index contributed by atoms with van der Waals surface area (Å²) in [5.74, 6) is 0.618. The lowest BCUT2D eigenvalue weighted by molar-refractivity contribution is -0.144. The van der Waals surface area contributed by atoms with Gasteiger partial charge < -0.3 is 23.7 Å². The van der Waals surface area contributed by atoms with Crippen LogP contribution >= 0.6 is 0 Å². The van der Waals surface area contributed by atoms with Crippen LogP contribution in [0.15, 0.2) is 0 Å². The lowest BCUT2D eigenvalue weighted by atomic mass is 9.91. The third-order valence-corrected chi connectivity index (χ3v) is 9.51. The minimum Gasteiger partial charge on any atom is -0.375 e. The molecule has 35 heavy (non-hydrogen) atoms. The molecule has 5 nitrogen and oxygen atoms in total. The molecule has 5 aliphatic rings. The molecule has 0 bridgehead atoms. The Balaban J connectivity index is 1.03. The molecule has 0 saturated carbocycles. The summed E-state index contributed by atoms with van der Waals surface area (Å²) in [7, 11) is 0. The largest absolute Gasteiger partial charge is 0.375 e. The van der Waals surface area contributed by atoms with Crippen LogP contribution in [0, 0.1) is 5.92 Å². The monoisotopic (exact) mass is 492 g/mol. The van der Waals surface area contributed by atoms with Crippen molar-refractivity contribution in [2.45, 2.75) is 185 Å². The molecular formula is C30H52O5. The van der Waals surface area contributed by atoms with Crippen LogP contribution < -0.4 is 0 Å². The molecule has 5 heteroatoms. The summed E-state index contributed by atoms with van der Waals surface area (Å²) in [6, 6.07) is 0. The molecule has 5 rings (SSSR count). The summed E-state index contributed by atoms with van der Waals surface area (Å²) in [5, 5.41) is 0. The van der Waals surface area contributed by atoms with Crippen molar-refractivity contribution in [3.63, 3.8) is 0 Å². The molecule has 0 aromatic heterocycles. The van der Waals surface area contributed by atoms with E-state index in [2.05, 4.69) is 20.8 Å². The molecule has 5 fully saturated rings. The smallest absolute Gasteiger partial charge is 0.0842 e. The standard InChI is InChI=1S/C30H52O5/c1-4-21-8-6-13-27(32-21)29-16-17-30(35-29)28-15-14-25(34-28)19-23-10-5-9-22(31-23)18-24-11-7-12-26(33-24)20(2)3/h20-30H,4-19H2,1-3H3. The second-order valence-corrected chi connectivity index (χ2v) is 12.6. The highest BCUT2D eigenvalue weighted by molar-refractivity contribution is 4.90. The van der Waals surface area contributed by atoms with Crippen LogP contribution in [0.1, 0.15) is 124 Å². The molecule has 10 atom stereocenters. The van der Waals surface area contributed by atoms with Gasteiger partial charge in [-0.1, -0.05) is 20.8 Å². The minimum atomic E-state index is 0.257. The minimum absolute atomic E-state index is 0.257. The van der Waals surface area contributed by atoms with Crippen molar-refractivity contribution in [1.82, 2.24) is 0 Å². The summed E-state index contributed by atoms with van der Waals surface area (Å²) >= 11 is 0. The van der Waals surface area contributed by atoms with Gasteiger partial charge in [0, 0.05) is 0 Å². The van der Waals surface area contributed by atoms with Gasteiger partial charge in [0.15, 0.2) is 0 Å². The summed E-state index contributed by atoms with van der Waals surface area (Å²) < 4.78 is 32.5. The Morgan fingerprint density at radius 1 is 0.486 bits per heavy atom. The van der Waals surface area contributed by atoms with Crippen molar-refractivity contribution < 1.29 is 23.7 Å². The first-order valence-electron chi connectivity index (χ1n) is 15.3. The molecule has 5 saturated heterocycles. The van der Waals surface area contributed by atoms with Gasteiger partial charge in [-0.05, 0) is 109 Å². The van der Waals surface area contributed by atoms with Crippen molar-refractivity contribution in [2.75, 3.05) is 0 Å². The van der Waals surface area contributed by atoms with Gasteiger partial charge in [-0.2, -0.15) is 0 Å². The van der Waals surface area contributed by atoms with E-state index in [0.29, 0.717) is 48.6 Å². The molecule has 0 radical (unpaired) electrons. The Morgan fingerprint density at radius 3 is 1.66 bits per heavy atom. The average molecular weight is 493 g/mol. The third-order valence-electron chi connectivity index (χ3n) is 9.51. The van der Waals surface area contributed by atoms with Gasteiger partial charge in [0.25, 0.3) is 0 Å². The molecule has 0 aromatic carbocycles. The quantitative estimate of drug-likeness (QED) is 0.375. The summed E-state index contributed by atoms with van der Waals surface area (Å²) in [6.07, 6.45) is 22.2. The maximum atomic E-state index is 6.62. The van der Waals surface area contributed by atoms with Crippen LogP contribution in [0.5, 0.6) is 0 Å². The zero-order chi connectivity index (χ0) is 24.2. The number of hydrogen-bond acceptors (Lipinski definition) is 5. The van der Waals surface area contributed by atoms with Crippen LogP contribution in [0.25, 0.3) is 0 Å². The SMILES string of the molecule is CCC1CCCC(C2CCC(C3CCC(CC4CCCC(CC5CCCC(C(C)C)O5)O4)O3)O2)O1. The maximum absolute atomic E-state index is 6.62. The molecule has 5 heterocycles. The van der Waals surface area contributed by atoms with E-state index in [1.807, 2.05) is 0 Å². The lowest BCUT2D eigenvalue weighted by Crippen LogP contribution is -2.38. The van der Waals surface area contributed by atoms with E-state index in [1.54, 1.807) is 0 Å². The fourth-order valence-corrected chi connectivity index (χ4v) is 7.43. The Morgan fingerprint density at radius 2 is 0.971 bits per heavy atom. The van der Waals surface area contributed by atoms with Gasteiger partial charge in [-0.25, -0.2) is 0 Å². The fraction of sp³-hybridized carbons (Fsp3) is 1.00. The summed E-state index contributed by atoms with van der Waals surface area (Å²) in [4.78, 5) is 0. The molecule has 0 amide bonds. The third kappa shape index (κ3) is 7.02. The molecule has 202 valence electrons. The zero-order valence-corrected chi connectivity index (χ0v) is 22.7. The van der Waals surface area contributed by atoms with Gasteiger partial charge in [0.1, 0.15) is 0 Å². The van der Waals surface area contributed by atoms with E-state index in [0.717, 1.165) is 51.4 Å². The highest BCUT2D eigenvalue weighted by Crippen LogP contribution is 2.38. The Labute approximate surface area is 214 Å². The van der Waals surface area contributed by atoms with Crippen LogP contribution in [-0.4, -0.2) is 61.0 Å². The predicted molar refractivity (Wildman–Crippen MR) is 138 cm³/mol. The van der Waals surface area contributed by atoms with Gasteiger partial charge in [-0.3, -0.25) is 0 Å². The van der Waals surface area contributed by atoms with E-state index in [1.165, 1.54) is 51.4 Å². The van der Waals surface area contributed by atoms with Crippen LogP contribution in [-0.2, 0) is 23.7 Å². The molecular weight excluding hydrogens is 440 g/mol. The van der Waals surface area contributed by atoms with E-state index in [9.17, 15) is 0 Å². The van der Waals surface area contributed by atoms with Crippen molar-refractivity contribution in [2.24, 2.45) is 5.92 Å². The second-order valence-electron chi connectivity index (χ2n) is 12.6. The first-order chi connectivity index (χ1) is 17.1. The second kappa shape index (κ2) is 12.6. The predicted octanol–water partition coefficient (Wildman–Crippen LogP) is 6.74. The van der Waals surface area contributed by atoms with Gasteiger partial charge in [0.05, 0.1) is 61.0 Å². The Kier molecular flexibility index (Phi) is 9.48. The van der Waals surface area contributed by atoms with Crippen LogP contribution in [0.2, 0.25) is 0 Å². The normalized spacial score (nSPS) is 45.3. The topological polar surface area (TPSA) is 46.2 Å². The van der Waals surface area contributed by atoms with Crippen molar-refractivity contribution >= 4 is 0 Å². The first-order valence-corrected chi connectivity index (χ1v) is 15.3. The maximum Gasteiger partial charge on any atom is 0.0842 e. The highest BCUT2D eigenvalue weighted by atomic mass is 16.6. The number of hydrogen-bond donors (Lipinski definition) is 0. The molecule has 0 spiro atoms. The van der Waals surface area contributed by atoms with Crippen molar-refractivity contribution in [3.05, 3.63) is 0 Å². The Bertz CT molecular complexity index is 640. The van der Waals surface area contributed by atoms with E-state index in [-0.39, 0.29) is 18.3 Å². The van der Waals surface area contributed by atoms with E-state index in [4.69, 9.17) is 23.7 Å². The lowest BCUT2D eigenvalue weighted by Gasteiger charge is -2.37. The molecule has 0 aromatic rings. The Hall–Kier alpha value is -0.200. The molecule has 0 N–H and O–H groups in total. The first kappa shape index (κ1) is 26.4. The summed E-state index contributed by atoms with van der Waals surface area (Å²) in [5.41, 5.74) is 0. The summed E-state index contributed by atoms with van der Waals surface area (Å²) in [6.45, 7) is 6.82. The molecule has 10 unspecified atom stereocenters. The number of rotatable bonds is 8. The van der Waals surface area contributed by atoms with E-state index >= 15 is 0 Å². The van der Waals surface area contributed by atoms with Crippen molar-refractivity contribution in [1.29, 1.82) is 0 Å².